The van der Waals surface area contributed by atoms with Crippen molar-refractivity contribution >= 4 is 17.3 Å². The van der Waals surface area contributed by atoms with Gasteiger partial charge in [0.05, 0.1) is 0 Å². The first kappa shape index (κ1) is 14.4. The van der Waals surface area contributed by atoms with Crippen LogP contribution in [0.1, 0.15) is 20.3 Å². The minimum absolute atomic E-state index is 0.717. The highest BCUT2D eigenvalue weighted by Gasteiger charge is 1.98. The number of hydrogen-bond acceptors (Lipinski definition) is 2. The standard InChI is InChI=1S/C11H23N3S/c1-4-8-12-11(15)13-9-7-10-14(5-2)6-3/h4H,1,5-10H2,2-3H3,(H2,12,13,15). The van der Waals surface area contributed by atoms with Gasteiger partial charge in [0.15, 0.2) is 5.11 Å². The lowest BCUT2D eigenvalue weighted by Crippen LogP contribution is -2.37. The highest BCUT2D eigenvalue weighted by molar-refractivity contribution is 7.80. The molecular formula is C11H23N3S. The van der Waals surface area contributed by atoms with Crippen LogP contribution in [0.25, 0.3) is 0 Å². The van der Waals surface area contributed by atoms with Gasteiger partial charge in [0.25, 0.3) is 0 Å². The lowest BCUT2D eigenvalue weighted by atomic mass is 10.3. The number of nitrogens with zero attached hydrogens (tertiary/aromatic N) is 1. The summed E-state index contributed by atoms with van der Waals surface area (Å²) < 4.78 is 0. The third-order valence-corrected chi connectivity index (χ3v) is 2.53. The number of nitrogens with one attached hydrogen (secondary N) is 2. The van der Waals surface area contributed by atoms with Crippen LogP contribution < -0.4 is 10.6 Å². The molecule has 4 heteroatoms. The van der Waals surface area contributed by atoms with Crippen LogP contribution in [-0.2, 0) is 0 Å². The molecule has 0 aromatic carbocycles. The molecule has 3 nitrogen and oxygen atoms in total. The van der Waals surface area contributed by atoms with Gasteiger partial charge < -0.3 is 15.5 Å². The maximum atomic E-state index is 5.07. The summed E-state index contributed by atoms with van der Waals surface area (Å²) in [6.45, 7) is 13.0. The van der Waals surface area contributed by atoms with E-state index in [0.717, 1.165) is 44.3 Å². The first-order chi connectivity index (χ1) is 7.24. The van der Waals surface area contributed by atoms with E-state index in [1.54, 1.807) is 6.08 Å². The second-order valence-electron chi connectivity index (χ2n) is 3.31. The number of thiocarbonyl (C=S) groups is 1. The maximum absolute atomic E-state index is 5.07. The summed E-state index contributed by atoms with van der Waals surface area (Å²) >= 11 is 5.07. The molecule has 0 amide bonds. The van der Waals surface area contributed by atoms with E-state index in [-0.39, 0.29) is 0 Å². The summed E-state index contributed by atoms with van der Waals surface area (Å²) in [5.41, 5.74) is 0. The van der Waals surface area contributed by atoms with Crippen molar-refractivity contribution in [2.45, 2.75) is 20.3 Å². The van der Waals surface area contributed by atoms with E-state index in [1.165, 1.54) is 0 Å². The van der Waals surface area contributed by atoms with Gasteiger partial charge in [0.2, 0.25) is 0 Å². The minimum Gasteiger partial charge on any atom is -0.363 e. The van der Waals surface area contributed by atoms with Crippen LogP contribution in [0.3, 0.4) is 0 Å². The third kappa shape index (κ3) is 8.39. The van der Waals surface area contributed by atoms with Crippen LogP contribution in [0.15, 0.2) is 12.7 Å². The van der Waals surface area contributed by atoms with Gasteiger partial charge in [-0.2, -0.15) is 0 Å². The van der Waals surface area contributed by atoms with Crippen molar-refractivity contribution in [3.63, 3.8) is 0 Å². The van der Waals surface area contributed by atoms with Gasteiger partial charge in [0.1, 0.15) is 0 Å². The summed E-state index contributed by atoms with van der Waals surface area (Å²) in [5.74, 6) is 0. The molecule has 0 aromatic rings. The molecule has 2 N–H and O–H groups in total. The molecule has 0 bridgehead atoms. The molecule has 0 aliphatic carbocycles. The fraction of sp³-hybridized carbons (Fsp3) is 0.727. The van der Waals surface area contributed by atoms with E-state index in [4.69, 9.17) is 12.2 Å². The van der Waals surface area contributed by atoms with Crippen molar-refractivity contribution in [3.05, 3.63) is 12.7 Å². The monoisotopic (exact) mass is 229 g/mol. The Hall–Kier alpha value is -0.610. The smallest absolute Gasteiger partial charge is 0.166 e. The zero-order chi connectivity index (χ0) is 11.5. The van der Waals surface area contributed by atoms with Gasteiger partial charge in [-0.25, -0.2) is 0 Å². The maximum Gasteiger partial charge on any atom is 0.166 e. The van der Waals surface area contributed by atoms with Gasteiger partial charge in [-0.05, 0) is 38.3 Å². The van der Waals surface area contributed by atoms with Crippen molar-refractivity contribution in [3.8, 4) is 0 Å². The first-order valence-electron chi connectivity index (χ1n) is 5.59. The van der Waals surface area contributed by atoms with Crippen molar-refractivity contribution in [1.29, 1.82) is 0 Å². The summed E-state index contributed by atoms with van der Waals surface area (Å²) in [6, 6.07) is 0. The normalized spacial score (nSPS) is 10.1. The van der Waals surface area contributed by atoms with Crippen molar-refractivity contribution in [2.24, 2.45) is 0 Å². The van der Waals surface area contributed by atoms with Gasteiger partial charge >= 0.3 is 0 Å². The van der Waals surface area contributed by atoms with Gasteiger partial charge in [-0.3, -0.25) is 0 Å². The molecular weight excluding hydrogens is 206 g/mol. The predicted octanol–water partition coefficient (Wildman–Crippen LogP) is 1.37. The molecule has 0 rings (SSSR count). The summed E-state index contributed by atoms with van der Waals surface area (Å²) in [4.78, 5) is 2.40. The fourth-order valence-electron chi connectivity index (χ4n) is 1.27. The molecule has 88 valence electrons. The lowest BCUT2D eigenvalue weighted by Gasteiger charge is -2.18. The Labute approximate surface area is 98.9 Å². The number of hydrogen-bond donors (Lipinski definition) is 2. The fourth-order valence-corrected chi connectivity index (χ4v) is 1.46. The molecule has 0 heterocycles. The quantitative estimate of drug-likeness (QED) is 0.373. The lowest BCUT2D eigenvalue weighted by molar-refractivity contribution is 0.300. The van der Waals surface area contributed by atoms with Gasteiger partial charge in [0, 0.05) is 13.1 Å². The molecule has 0 saturated heterocycles. The summed E-state index contributed by atoms with van der Waals surface area (Å²) in [6.07, 6.45) is 2.92. The largest absolute Gasteiger partial charge is 0.363 e. The van der Waals surface area contributed by atoms with E-state index in [9.17, 15) is 0 Å². The van der Waals surface area contributed by atoms with Crippen LogP contribution in [0.4, 0.5) is 0 Å². The summed E-state index contributed by atoms with van der Waals surface area (Å²) in [7, 11) is 0. The Morgan fingerprint density at radius 2 is 2.00 bits per heavy atom. The topological polar surface area (TPSA) is 27.3 Å². The third-order valence-electron chi connectivity index (χ3n) is 2.24. The molecule has 0 aliphatic rings. The molecule has 0 radical (unpaired) electrons. The molecule has 0 atom stereocenters. The summed E-state index contributed by atoms with van der Waals surface area (Å²) in [5, 5.41) is 6.92. The van der Waals surface area contributed by atoms with Gasteiger partial charge in [-0.15, -0.1) is 6.58 Å². The highest BCUT2D eigenvalue weighted by Crippen LogP contribution is 1.89. The Morgan fingerprint density at radius 3 is 2.53 bits per heavy atom. The second-order valence-corrected chi connectivity index (χ2v) is 3.71. The first-order valence-corrected chi connectivity index (χ1v) is 6.00. The van der Waals surface area contributed by atoms with Crippen LogP contribution >= 0.6 is 12.2 Å². The molecule has 0 aliphatic heterocycles. The van der Waals surface area contributed by atoms with Crippen LogP contribution in [0.2, 0.25) is 0 Å². The molecule has 0 aromatic heterocycles. The molecule has 15 heavy (non-hydrogen) atoms. The zero-order valence-electron chi connectivity index (χ0n) is 9.88. The molecule has 0 spiro atoms. The van der Waals surface area contributed by atoms with Gasteiger partial charge in [-0.1, -0.05) is 19.9 Å². The average molecular weight is 229 g/mol. The Morgan fingerprint density at radius 1 is 1.33 bits per heavy atom. The van der Waals surface area contributed by atoms with Crippen molar-refractivity contribution in [2.75, 3.05) is 32.7 Å². The zero-order valence-corrected chi connectivity index (χ0v) is 10.7. The Balaban J connectivity index is 3.36. The average Bonchev–Trinajstić information content (AvgIpc) is 2.26. The minimum atomic E-state index is 0.717. The highest BCUT2D eigenvalue weighted by atomic mass is 32.1. The Bertz CT molecular complexity index is 179. The second kappa shape index (κ2) is 9.93. The van der Waals surface area contributed by atoms with E-state index >= 15 is 0 Å². The van der Waals surface area contributed by atoms with Crippen molar-refractivity contribution < 1.29 is 0 Å². The Kier molecular flexibility index (Phi) is 9.52. The molecule has 0 unspecified atom stereocenters. The van der Waals surface area contributed by atoms with E-state index in [1.807, 2.05) is 0 Å². The van der Waals surface area contributed by atoms with Crippen molar-refractivity contribution in [1.82, 2.24) is 15.5 Å². The van der Waals surface area contributed by atoms with E-state index in [2.05, 4.69) is 36.0 Å². The SMILES string of the molecule is C=CCNC(=S)NCCCN(CC)CC. The van der Waals surface area contributed by atoms with Crippen LogP contribution in [0, 0.1) is 0 Å². The van der Waals surface area contributed by atoms with Crippen LogP contribution in [0.5, 0.6) is 0 Å². The van der Waals surface area contributed by atoms with E-state index < -0.39 is 0 Å². The number of rotatable bonds is 8. The van der Waals surface area contributed by atoms with E-state index in [0.29, 0.717) is 0 Å². The molecule has 0 saturated carbocycles. The molecule has 0 fully saturated rings. The predicted molar refractivity (Wildman–Crippen MR) is 71.2 cm³/mol. The van der Waals surface area contributed by atoms with Crippen LogP contribution in [-0.4, -0.2) is 42.7 Å².